The van der Waals surface area contributed by atoms with Crippen LogP contribution in [0, 0.1) is 0 Å². The van der Waals surface area contributed by atoms with Crippen LogP contribution in [-0.4, -0.2) is 19.2 Å². The van der Waals surface area contributed by atoms with Gasteiger partial charge in [-0.15, -0.1) is 0 Å². The molecule has 0 saturated carbocycles. The van der Waals surface area contributed by atoms with E-state index in [1.165, 1.54) is 5.39 Å². The summed E-state index contributed by atoms with van der Waals surface area (Å²) in [5, 5.41) is 1.17. The molecule has 2 rings (SSSR count). The Kier molecular flexibility index (Phi) is 2.52. The van der Waals surface area contributed by atoms with Gasteiger partial charge in [0, 0.05) is 26.0 Å². The van der Waals surface area contributed by atoms with Gasteiger partial charge in [-0.1, -0.05) is 18.2 Å². The van der Waals surface area contributed by atoms with Crippen molar-refractivity contribution < 1.29 is 9.47 Å². The van der Waals surface area contributed by atoms with Crippen molar-refractivity contribution in [1.29, 1.82) is 0 Å². The standard InChI is InChI=1S/C11H13NO2/c1-13-11(14-2)9-5-3-4-8-6-7-12-10(8)9/h3-7,11-12H,1-2H3. The zero-order valence-electron chi connectivity index (χ0n) is 8.28. The molecule has 2 aromatic rings. The maximum Gasteiger partial charge on any atom is 0.185 e. The zero-order chi connectivity index (χ0) is 9.97. The third kappa shape index (κ3) is 1.41. The average molecular weight is 191 g/mol. The van der Waals surface area contributed by atoms with Gasteiger partial charge in [-0.25, -0.2) is 0 Å². The van der Waals surface area contributed by atoms with Crippen molar-refractivity contribution in [3.8, 4) is 0 Å². The first-order chi connectivity index (χ1) is 6.86. The lowest BCUT2D eigenvalue weighted by Gasteiger charge is -2.14. The van der Waals surface area contributed by atoms with Crippen molar-refractivity contribution >= 4 is 10.9 Å². The highest BCUT2D eigenvalue weighted by atomic mass is 16.7. The van der Waals surface area contributed by atoms with E-state index in [0.29, 0.717) is 0 Å². The predicted octanol–water partition coefficient (Wildman–Crippen LogP) is 2.46. The Morgan fingerprint density at radius 3 is 2.64 bits per heavy atom. The van der Waals surface area contributed by atoms with E-state index in [9.17, 15) is 0 Å². The number of benzene rings is 1. The molecule has 0 aliphatic heterocycles. The number of methoxy groups -OCH3 is 2. The highest BCUT2D eigenvalue weighted by Crippen LogP contribution is 2.25. The Balaban J connectivity index is 2.54. The Morgan fingerprint density at radius 1 is 1.14 bits per heavy atom. The smallest absolute Gasteiger partial charge is 0.185 e. The van der Waals surface area contributed by atoms with E-state index in [2.05, 4.69) is 11.1 Å². The first kappa shape index (κ1) is 9.24. The number of rotatable bonds is 3. The fourth-order valence-corrected chi connectivity index (χ4v) is 1.66. The van der Waals surface area contributed by atoms with E-state index < -0.39 is 0 Å². The van der Waals surface area contributed by atoms with E-state index in [1.807, 2.05) is 24.4 Å². The molecular formula is C11H13NO2. The van der Waals surface area contributed by atoms with Crippen LogP contribution in [0.1, 0.15) is 11.9 Å². The zero-order valence-corrected chi connectivity index (χ0v) is 8.28. The number of aromatic nitrogens is 1. The minimum Gasteiger partial charge on any atom is -0.361 e. The summed E-state index contributed by atoms with van der Waals surface area (Å²) in [4.78, 5) is 3.18. The van der Waals surface area contributed by atoms with Crippen LogP contribution < -0.4 is 0 Å². The van der Waals surface area contributed by atoms with E-state index in [1.54, 1.807) is 14.2 Å². The molecule has 0 unspecified atom stereocenters. The number of hydrogen-bond donors (Lipinski definition) is 1. The number of hydrogen-bond acceptors (Lipinski definition) is 2. The first-order valence-corrected chi connectivity index (χ1v) is 4.48. The van der Waals surface area contributed by atoms with E-state index in [0.717, 1.165) is 11.1 Å². The normalized spacial score (nSPS) is 11.4. The molecule has 1 aromatic heterocycles. The maximum atomic E-state index is 5.22. The van der Waals surface area contributed by atoms with Gasteiger partial charge in [-0.05, 0) is 11.5 Å². The molecule has 0 spiro atoms. The molecule has 0 atom stereocenters. The second-order valence-corrected chi connectivity index (χ2v) is 3.09. The van der Waals surface area contributed by atoms with Gasteiger partial charge in [0.1, 0.15) is 0 Å². The highest BCUT2D eigenvalue weighted by Gasteiger charge is 2.12. The SMILES string of the molecule is COC(OC)c1cccc2cc[nH]c12. The summed E-state index contributed by atoms with van der Waals surface area (Å²) in [6.45, 7) is 0. The second kappa shape index (κ2) is 3.82. The third-order valence-electron chi connectivity index (χ3n) is 2.30. The van der Waals surface area contributed by atoms with Crippen LogP contribution in [-0.2, 0) is 9.47 Å². The van der Waals surface area contributed by atoms with Gasteiger partial charge in [0.25, 0.3) is 0 Å². The highest BCUT2D eigenvalue weighted by molar-refractivity contribution is 5.82. The van der Waals surface area contributed by atoms with E-state index >= 15 is 0 Å². The van der Waals surface area contributed by atoms with Crippen LogP contribution in [0.2, 0.25) is 0 Å². The molecule has 0 amide bonds. The molecule has 0 aliphatic rings. The topological polar surface area (TPSA) is 34.2 Å². The van der Waals surface area contributed by atoms with Crippen LogP contribution >= 0.6 is 0 Å². The molecule has 3 heteroatoms. The van der Waals surface area contributed by atoms with Crippen molar-refractivity contribution in [2.24, 2.45) is 0 Å². The fourth-order valence-electron chi connectivity index (χ4n) is 1.66. The molecule has 1 N–H and O–H groups in total. The molecule has 0 aliphatic carbocycles. The second-order valence-electron chi connectivity index (χ2n) is 3.09. The monoisotopic (exact) mass is 191 g/mol. The largest absolute Gasteiger partial charge is 0.361 e. The number of fused-ring (bicyclic) bond motifs is 1. The molecular weight excluding hydrogens is 178 g/mol. The molecule has 0 radical (unpaired) electrons. The molecule has 74 valence electrons. The maximum absolute atomic E-state index is 5.22. The Morgan fingerprint density at radius 2 is 1.93 bits per heavy atom. The summed E-state index contributed by atoms with van der Waals surface area (Å²) in [5.41, 5.74) is 2.10. The molecule has 0 fully saturated rings. The average Bonchev–Trinajstić information content (AvgIpc) is 2.68. The number of nitrogens with one attached hydrogen (secondary N) is 1. The summed E-state index contributed by atoms with van der Waals surface area (Å²) in [7, 11) is 3.27. The van der Waals surface area contributed by atoms with Crippen LogP contribution in [0.15, 0.2) is 30.5 Å². The molecule has 1 heterocycles. The lowest BCUT2D eigenvalue weighted by Crippen LogP contribution is -2.04. The predicted molar refractivity (Wildman–Crippen MR) is 55.1 cm³/mol. The van der Waals surface area contributed by atoms with Gasteiger partial charge in [-0.3, -0.25) is 0 Å². The van der Waals surface area contributed by atoms with Crippen LogP contribution in [0.25, 0.3) is 10.9 Å². The molecule has 0 bridgehead atoms. The van der Waals surface area contributed by atoms with Gasteiger partial charge < -0.3 is 14.5 Å². The summed E-state index contributed by atoms with van der Waals surface area (Å²) in [6, 6.07) is 8.08. The van der Waals surface area contributed by atoms with Gasteiger partial charge in [-0.2, -0.15) is 0 Å². The lowest BCUT2D eigenvalue weighted by atomic mass is 10.1. The third-order valence-corrected chi connectivity index (χ3v) is 2.30. The summed E-state index contributed by atoms with van der Waals surface area (Å²) in [5.74, 6) is 0. The van der Waals surface area contributed by atoms with Gasteiger partial charge >= 0.3 is 0 Å². The molecule has 3 nitrogen and oxygen atoms in total. The summed E-state index contributed by atoms with van der Waals surface area (Å²) in [6.07, 6.45) is 1.61. The number of H-pyrrole nitrogens is 1. The van der Waals surface area contributed by atoms with Crippen LogP contribution in [0.3, 0.4) is 0 Å². The first-order valence-electron chi connectivity index (χ1n) is 4.48. The number of ether oxygens (including phenoxy) is 2. The quantitative estimate of drug-likeness (QED) is 0.756. The summed E-state index contributed by atoms with van der Waals surface area (Å²) >= 11 is 0. The number of para-hydroxylation sites is 1. The lowest BCUT2D eigenvalue weighted by molar-refractivity contribution is -0.105. The molecule has 0 saturated heterocycles. The Bertz CT molecular complexity index is 418. The van der Waals surface area contributed by atoms with Crippen molar-refractivity contribution in [2.75, 3.05) is 14.2 Å². The minimum atomic E-state index is -0.308. The van der Waals surface area contributed by atoms with Gasteiger partial charge in [0.05, 0.1) is 5.52 Å². The van der Waals surface area contributed by atoms with Crippen molar-refractivity contribution in [2.45, 2.75) is 6.29 Å². The fraction of sp³-hybridized carbons (Fsp3) is 0.273. The van der Waals surface area contributed by atoms with E-state index in [-0.39, 0.29) is 6.29 Å². The minimum absolute atomic E-state index is 0.308. The Labute approximate surface area is 82.6 Å². The van der Waals surface area contributed by atoms with Crippen LogP contribution in [0.5, 0.6) is 0 Å². The van der Waals surface area contributed by atoms with E-state index in [4.69, 9.17) is 9.47 Å². The van der Waals surface area contributed by atoms with Gasteiger partial charge in [0.2, 0.25) is 0 Å². The number of aromatic amines is 1. The Hall–Kier alpha value is -1.32. The molecule has 1 aromatic carbocycles. The van der Waals surface area contributed by atoms with Crippen molar-refractivity contribution in [1.82, 2.24) is 4.98 Å². The van der Waals surface area contributed by atoms with Crippen molar-refractivity contribution in [3.63, 3.8) is 0 Å². The van der Waals surface area contributed by atoms with Gasteiger partial charge in [0.15, 0.2) is 6.29 Å². The molecule has 14 heavy (non-hydrogen) atoms. The summed E-state index contributed by atoms with van der Waals surface area (Å²) < 4.78 is 10.4. The van der Waals surface area contributed by atoms with Crippen LogP contribution in [0.4, 0.5) is 0 Å². The van der Waals surface area contributed by atoms with Crippen molar-refractivity contribution in [3.05, 3.63) is 36.0 Å².